The Morgan fingerprint density at radius 3 is 2.44 bits per heavy atom. The predicted octanol–water partition coefficient (Wildman–Crippen LogP) is 4.93. The van der Waals surface area contributed by atoms with Crippen molar-refractivity contribution in [2.75, 3.05) is 7.05 Å². The van der Waals surface area contributed by atoms with Crippen LogP contribution in [0.5, 0.6) is 0 Å². The van der Waals surface area contributed by atoms with E-state index in [1.807, 2.05) is 6.08 Å². The number of rotatable bonds is 8. The van der Waals surface area contributed by atoms with Crippen LogP contribution in [0.4, 0.5) is 0 Å². The Morgan fingerprint density at radius 2 is 1.89 bits per heavy atom. The quantitative estimate of drug-likeness (QED) is 0.476. The van der Waals surface area contributed by atoms with Crippen molar-refractivity contribution in [3.63, 3.8) is 0 Å². The van der Waals surface area contributed by atoms with E-state index in [2.05, 4.69) is 32.8 Å². The normalized spacial score (nSPS) is 21.7. The lowest BCUT2D eigenvalue weighted by Gasteiger charge is -2.38. The van der Waals surface area contributed by atoms with Gasteiger partial charge in [0.05, 0.1) is 0 Å². The van der Waals surface area contributed by atoms with Crippen LogP contribution in [0.15, 0.2) is 12.7 Å². The Kier molecular flexibility index (Phi) is 6.99. The lowest BCUT2D eigenvalue weighted by molar-refractivity contribution is 0.159. The standard InChI is InChI=1S/C17H33N/c1-5-6-7-8-9-10-16(18-4)15-11-13-17(2,3)14-12-15/h5,15-16,18H,1,6-14H2,2-4H3. The second-order valence-electron chi connectivity index (χ2n) is 6.82. The zero-order valence-corrected chi connectivity index (χ0v) is 12.8. The number of unbranched alkanes of at least 4 members (excludes halogenated alkanes) is 3. The van der Waals surface area contributed by atoms with Crippen LogP contribution in [-0.4, -0.2) is 13.1 Å². The van der Waals surface area contributed by atoms with Gasteiger partial charge in [0.2, 0.25) is 0 Å². The Balaban J connectivity index is 2.22. The molecule has 1 N–H and O–H groups in total. The molecular weight excluding hydrogens is 218 g/mol. The van der Waals surface area contributed by atoms with Crippen molar-refractivity contribution in [3.05, 3.63) is 12.7 Å². The van der Waals surface area contributed by atoms with E-state index in [0.29, 0.717) is 5.41 Å². The average molecular weight is 251 g/mol. The molecule has 0 saturated heterocycles. The molecule has 0 amide bonds. The number of allylic oxidation sites excluding steroid dienone is 1. The molecule has 1 aliphatic carbocycles. The van der Waals surface area contributed by atoms with Crippen LogP contribution in [0.1, 0.15) is 71.6 Å². The first-order valence-electron chi connectivity index (χ1n) is 7.87. The highest BCUT2D eigenvalue weighted by atomic mass is 14.9. The molecule has 0 spiro atoms. The van der Waals surface area contributed by atoms with Crippen LogP contribution in [-0.2, 0) is 0 Å². The van der Waals surface area contributed by atoms with Crippen molar-refractivity contribution in [2.45, 2.75) is 77.7 Å². The van der Waals surface area contributed by atoms with Crippen LogP contribution in [0, 0.1) is 11.3 Å². The first-order chi connectivity index (χ1) is 8.59. The summed E-state index contributed by atoms with van der Waals surface area (Å²) in [7, 11) is 2.15. The average Bonchev–Trinajstić information content (AvgIpc) is 2.35. The van der Waals surface area contributed by atoms with Crippen molar-refractivity contribution in [1.82, 2.24) is 5.32 Å². The Morgan fingerprint density at radius 1 is 1.22 bits per heavy atom. The van der Waals surface area contributed by atoms with E-state index in [1.54, 1.807) is 0 Å². The molecule has 18 heavy (non-hydrogen) atoms. The maximum atomic E-state index is 3.78. The van der Waals surface area contributed by atoms with Gasteiger partial charge in [-0.15, -0.1) is 6.58 Å². The van der Waals surface area contributed by atoms with Gasteiger partial charge in [-0.05, 0) is 63.3 Å². The molecule has 0 aromatic rings. The molecule has 1 atom stereocenters. The Labute approximate surface area is 114 Å². The third-order valence-corrected chi connectivity index (χ3v) is 4.75. The summed E-state index contributed by atoms with van der Waals surface area (Å²) in [5.41, 5.74) is 0.596. The van der Waals surface area contributed by atoms with E-state index in [4.69, 9.17) is 0 Å². The van der Waals surface area contributed by atoms with Gasteiger partial charge in [0, 0.05) is 6.04 Å². The molecule has 0 aromatic carbocycles. The largest absolute Gasteiger partial charge is 0.317 e. The van der Waals surface area contributed by atoms with E-state index in [0.717, 1.165) is 12.0 Å². The van der Waals surface area contributed by atoms with Crippen molar-refractivity contribution < 1.29 is 0 Å². The summed E-state index contributed by atoms with van der Waals surface area (Å²) in [4.78, 5) is 0. The van der Waals surface area contributed by atoms with Gasteiger partial charge in [0.15, 0.2) is 0 Å². The van der Waals surface area contributed by atoms with Gasteiger partial charge in [-0.2, -0.15) is 0 Å². The second kappa shape index (κ2) is 7.99. The molecule has 0 heterocycles. The smallest absolute Gasteiger partial charge is 0.00923 e. The summed E-state index contributed by atoms with van der Waals surface area (Å²) in [6.07, 6.45) is 14.3. The lowest BCUT2D eigenvalue weighted by atomic mass is 9.70. The molecular formula is C17H33N. The van der Waals surface area contributed by atoms with E-state index in [-0.39, 0.29) is 0 Å². The molecule has 1 unspecified atom stereocenters. The third kappa shape index (κ3) is 5.56. The van der Waals surface area contributed by atoms with Crippen LogP contribution in [0.3, 0.4) is 0 Å². The summed E-state index contributed by atoms with van der Waals surface area (Å²) >= 11 is 0. The lowest BCUT2D eigenvalue weighted by Crippen LogP contribution is -2.37. The molecule has 1 heteroatoms. The monoisotopic (exact) mass is 251 g/mol. The van der Waals surface area contributed by atoms with Crippen molar-refractivity contribution in [2.24, 2.45) is 11.3 Å². The Bertz CT molecular complexity index is 222. The molecule has 106 valence electrons. The SMILES string of the molecule is C=CCCCCCC(NC)C1CCC(C)(C)CC1. The molecule has 1 saturated carbocycles. The van der Waals surface area contributed by atoms with Crippen molar-refractivity contribution in [3.8, 4) is 0 Å². The summed E-state index contributed by atoms with van der Waals surface area (Å²) in [5.74, 6) is 0.919. The van der Waals surface area contributed by atoms with Gasteiger partial charge < -0.3 is 5.32 Å². The number of hydrogen-bond donors (Lipinski definition) is 1. The van der Waals surface area contributed by atoms with Gasteiger partial charge in [0.25, 0.3) is 0 Å². The molecule has 0 aliphatic heterocycles. The highest BCUT2D eigenvalue weighted by Crippen LogP contribution is 2.39. The Hall–Kier alpha value is -0.300. The van der Waals surface area contributed by atoms with Gasteiger partial charge in [-0.3, -0.25) is 0 Å². The van der Waals surface area contributed by atoms with Crippen LogP contribution in [0.2, 0.25) is 0 Å². The van der Waals surface area contributed by atoms with Gasteiger partial charge in [-0.1, -0.05) is 32.8 Å². The summed E-state index contributed by atoms with van der Waals surface area (Å²) in [5, 5.41) is 3.57. The molecule has 1 aliphatic rings. The van der Waals surface area contributed by atoms with Crippen molar-refractivity contribution in [1.29, 1.82) is 0 Å². The maximum Gasteiger partial charge on any atom is 0.00923 e. The summed E-state index contributed by atoms with van der Waals surface area (Å²) in [6.45, 7) is 8.63. The fourth-order valence-electron chi connectivity index (χ4n) is 3.27. The number of hydrogen-bond acceptors (Lipinski definition) is 1. The van der Waals surface area contributed by atoms with Gasteiger partial charge in [-0.25, -0.2) is 0 Å². The second-order valence-corrected chi connectivity index (χ2v) is 6.82. The predicted molar refractivity (Wildman–Crippen MR) is 81.9 cm³/mol. The molecule has 1 rings (SSSR count). The topological polar surface area (TPSA) is 12.0 Å². The minimum absolute atomic E-state index is 0.596. The molecule has 0 radical (unpaired) electrons. The highest BCUT2D eigenvalue weighted by molar-refractivity contribution is 4.84. The maximum absolute atomic E-state index is 3.78. The third-order valence-electron chi connectivity index (χ3n) is 4.75. The molecule has 1 fully saturated rings. The molecule has 0 bridgehead atoms. The van der Waals surface area contributed by atoms with Gasteiger partial charge >= 0.3 is 0 Å². The van der Waals surface area contributed by atoms with Crippen molar-refractivity contribution >= 4 is 0 Å². The van der Waals surface area contributed by atoms with Crippen LogP contribution in [0.25, 0.3) is 0 Å². The first kappa shape index (κ1) is 15.8. The zero-order valence-electron chi connectivity index (χ0n) is 12.8. The minimum atomic E-state index is 0.596. The summed E-state index contributed by atoms with van der Waals surface area (Å²) in [6, 6.07) is 0.754. The van der Waals surface area contributed by atoms with E-state index >= 15 is 0 Å². The molecule has 1 nitrogen and oxygen atoms in total. The fourth-order valence-corrected chi connectivity index (χ4v) is 3.27. The molecule has 0 aromatic heterocycles. The van der Waals surface area contributed by atoms with Crippen LogP contribution < -0.4 is 5.32 Å². The van der Waals surface area contributed by atoms with Gasteiger partial charge in [0.1, 0.15) is 0 Å². The fraction of sp³-hybridized carbons (Fsp3) is 0.882. The first-order valence-corrected chi connectivity index (χ1v) is 7.87. The minimum Gasteiger partial charge on any atom is -0.317 e. The van der Waals surface area contributed by atoms with E-state index in [9.17, 15) is 0 Å². The zero-order chi connectivity index (χ0) is 13.4. The highest BCUT2D eigenvalue weighted by Gasteiger charge is 2.30. The van der Waals surface area contributed by atoms with Crippen LogP contribution >= 0.6 is 0 Å². The van der Waals surface area contributed by atoms with E-state index < -0.39 is 0 Å². The number of nitrogens with one attached hydrogen (secondary N) is 1. The summed E-state index contributed by atoms with van der Waals surface area (Å²) < 4.78 is 0. The van der Waals surface area contributed by atoms with E-state index in [1.165, 1.54) is 57.8 Å².